The van der Waals surface area contributed by atoms with Crippen LogP contribution in [0.25, 0.3) is 0 Å². The summed E-state index contributed by atoms with van der Waals surface area (Å²) in [6, 6.07) is 24.7. The van der Waals surface area contributed by atoms with E-state index in [2.05, 4.69) is 78.3 Å². The first-order valence-corrected chi connectivity index (χ1v) is 54.3. The monoisotopic (exact) mass is 2070 g/mol. The fourth-order valence-electron chi connectivity index (χ4n) is 18.7. The SMILES string of the molecule is COc1ccc(C(OCCC(CNC(=O)CCCCCCCCC(=O)NC(COCCC(=O)CCCCCC(=O)CCCCO[C@@H]2OC(COC(C)=O)[C@H](C)[C@H](C)C2C)(COCCC(=O)CCCCCC(=O)CCCCO[C@@H]2OC(COC(C)=O)[C@H](C)[C@H](C)C2C)COCCC(=O)NCCCCC(=O)CCCCO[C@@H]2OC(COC(C)=O)[C@H](C)[C@H](C)C2C)OC(=O)CCC(=O)O)(c2ccccc2)c2ccc(OC)cc2)cc1. The van der Waals surface area contributed by atoms with Crippen LogP contribution in [-0.4, -0.2) is 244 Å². The summed E-state index contributed by atoms with van der Waals surface area (Å²) >= 11 is 0. The first-order chi connectivity index (χ1) is 70.6. The molecule has 7 unspecified atom stereocenters. The Morgan fingerprint density at radius 3 is 1.05 bits per heavy atom. The summed E-state index contributed by atoms with van der Waals surface area (Å²) in [6.45, 7) is 24.6. The molecule has 4 N–H and O–H groups in total. The summed E-state index contributed by atoms with van der Waals surface area (Å²) in [5.41, 5.74) is -0.189. The quantitative estimate of drug-likeness (QED) is 0.0176. The Balaban J connectivity index is 1.03. The number of amides is 3. The molecule has 0 aromatic heterocycles. The zero-order valence-corrected chi connectivity index (χ0v) is 90.6. The van der Waals surface area contributed by atoms with Gasteiger partial charge in [0.25, 0.3) is 0 Å². The van der Waals surface area contributed by atoms with Crippen LogP contribution < -0.4 is 25.4 Å². The van der Waals surface area contributed by atoms with Gasteiger partial charge >= 0.3 is 29.8 Å². The molecule has 0 bridgehead atoms. The molecular formula is C114H177N3O30. The number of unbranched alkanes of at least 4 members (excludes halogenated alkanes) is 13. The molecule has 3 aliphatic heterocycles. The Morgan fingerprint density at radius 2 is 0.673 bits per heavy atom. The van der Waals surface area contributed by atoms with E-state index in [1.54, 1.807) is 14.2 Å². The lowest BCUT2D eigenvalue weighted by Gasteiger charge is -2.43. The van der Waals surface area contributed by atoms with Gasteiger partial charge in [-0.25, -0.2) is 0 Å². The number of benzene rings is 3. The number of carbonyl (C=O) groups is 13. The zero-order valence-electron chi connectivity index (χ0n) is 90.6. The molecule has 147 heavy (non-hydrogen) atoms. The summed E-state index contributed by atoms with van der Waals surface area (Å²) < 4.78 is 95.7. The summed E-state index contributed by atoms with van der Waals surface area (Å²) in [5, 5.41) is 18.4. The highest BCUT2D eigenvalue weighted by molar-refractivity contribution is 5.81. The van der Waals surface area contributed by atoms with Crippen LogP contribution >= 0.6 is 0 Å². The molecule has 3 saturated heterocycles. The second-order valence-corrected chi connectivity index (χ2v) is 40.7. The molecule has 16 atom stereocenters. The van der Waals surface area contributed by atoms with Gasteiger partial charge in [-0.1, -0.05) is 155 Å². The van der Waals surface area contributed by atoms with E-state index in [1.807, 2.05) is 78.9 Å². The predicted molar refractivity (Wildman–Crippen MR) is 553 cm³/mol. The Morgan fingerprint density at radius 1 is 0.340 bits per heavy atom. The molecule has 6 rings (SSSR count). The maximum absolute atomic E-state index is 14.4. The Labute approximate surface area is 873 Å². The second kappa shape index (κ2) is 71.7. The topological polar surface area (TPSA) is 426 Å². The van der Waals surface area contributed by atoms with Gasteiger partial charge in [0.05, 0.1) is 98.2 Å². The van der Waals surface area contributed by atoms with Crippen LogP contribution in [0.1, 0.15) is 331 Å². The van der Waals surface area contributed by atoms with Gasteiger partial charge < -0.3 is 96.8 Å². The number of hydrogen-bond acceptors (Lipinski definition) is 29. The molecule has 0 aliphatic carbocycles. The van der Waals surface area contributed by atoms with E-state index in [1.165, 1.54) is 20.8 Å². The number of rotatable bonds is 81. The van der Waals surface area contributed by atoms with Crippen molar-refractivity contribution in [3.8, 4) is 11.5 Å². The van der Waals surface area contributed by atoms with Crippen molar-refractivity contribution < 1.29 is 143 Å². The van der Waals surface area contributed by atoms with Gasteiger partial charge in [0.15, 0.2) is 18.9 Å². The normalized spacial score (nSPS) is 21.5. The minimum Gasteiger partial charge on any atom is -0.497 e. The molecule has 33 nitrogen and oxygen atoms in total. The van der Waals surface area contributed by atoms with E-state index in [4.69, 9.17) is 75.8 Å². The first-order valence-electron chi connectivity index (χ1n) is 54.3. The number of hydrogen-bond donors (Lipinski definition) is 4. The lowest BCUT2D eigenvalue weighted by Crippen LogP contribution is -2.58. The number of carbonyl (C=O) groups excluding carboxylic acids is 12. The number of carboxylic acids is 1. The van der Waals surface area contributed by atoms with Gasteiger partial charge in [0.2, 0.25) is 17.7 Å². The minimum atomic E-state index is -1.37. The van der Waals surface area contributed by atoms with E-state index in [0.717, 1.165) is 29.5 Å². The van der Waals surface area contributed by atoms with E-state index in [0.29, 0.717) is 192 Å². The van der Waals surface area contributed by atoms with Crippen molar-refractivity contribution in [1.82, 2.24) is 16.0 Å². The molecule has 3 amide bonds. The van der Waals surface area contributed by atoms with Crippen LogP contribution in [0.15, 0.2) is 78.9 Å². The number of carboxylic acid groups (broad SMARTS) is 1. The molecule has 33 heteroatoms. The van der Waals surface area contributed by atoms with Gasteiger partial charge in [0.1, 0.15) is 77.5 Å². The van der Waals surface area contributed by atoms with Crippen molar-refractivity contribution in [2.75, 3.05) is 113 Å². The van der Waals surface area contributed by atoms with Crippen molar-refractivity contribution >= 4 is 76.5 Å². The molecule has 3 aromatic carbocycles. The van der Waals surface area contributed by atoms with Gasteiger partial charge in [-0.15, -0.1) is 0 Å². The third-order valence-electron chi connectivity index (χ3n) is 29.1. The van der Waals surface area contributed by atoms with E-state index in [-0.39, 0.29) is 267 Å². The van der Waals surface area contributed by atoms with Gasteiger partial charge in [-0.05, 0) is 166 Å². The maximum Gasteiger partial charge on any atom is 0.306 e. The second-order valence-electron chi connectivity index (χ2n) is 40.7. The highest BCUT2D eigenvalue weighted by Gasteiger charge is 2.45. The number of nitrogens with one attached hydrogen (secondary N) is 3. The highest BCUT2D eigenvalue weighted by atomic mass is 16.7. The Kier molecular flexibility index (Phi) is 61.7. The molecule has 3 aliphatic rings. The third kappa shape index (κ3) is 49.3. The van der Waals surface area contributed by atoms with Crippen molar-refractivity contribution in [1.29, 1.82) is 0 Å². The van der Waals surface area contributed by atoms with Gasteiger partial charge in [-0.2, -0.15) is 0 Å². The first kappa shape index (κ1) is 127. The van der Waals surface area contributed by atoms with Crippen LogP contribution in [0.3, 0.4) is 0 Å². The number of Topliss-reactive ketones (excluding diaryl/α,β-unsaturated/α-hetero) is 5. The van der Waals surface area contributed by atoms with Crippen LogP contribution in [0, 0.1) is 53.3 Å². The molecular weight excluding hydrogens is 1890 g/mol. The average molecular weight is 2070 g/mol. The summed E-state index contributed by atoms with van der Waals surface area (Å²) in [6.07, 6.45) is 12.3. The number of ketones is 5. The molecule has 3 aromatic rings. The third-order valence-corrected chi connectivity index (χ3v) is 29.1. The summed E-state index contributed by atoms with van der Waals surface area (Å²) in [5.74, 6) is -0.489. The smallest absolute Gasteiger partial charge is 0.306 e. The number of ether oxygens (including phenoxy) is 16. The fraction of sp³-hybridized carbons (Fsp3) is 0.728. The number of methoxy groups -OCH3 is 2. The fourth-order valence-corrected chi connectivity index (χ4v) is 18.7. The highest BCUT2D eigenvalue weighted by Crippen LogP contribution is 2.44. The van der Waals surface area contributed by atoms with Crippen LogP contribution in [0.5, 0.6) is 11.5 Å². The van der Waals surface area contributed by atoms with Crippen molar-refractivity contribution in [3.05, 3.63) is 95.6 Å². The number of aliphatic carboxylic acids is 1. The average Bonchev–Trinajstić information content (AvgIpc) is 0.751. The van der Waals surface area contributed by atoms with Gasteiger partial charge in [-0.3, -0.25) is 62.3 Å². The van der Waals surface area contributed by atoms with E-state index < -0.39 is 54.5 Å². The summed E-state index contributed by atoms with van der Waals surface area (Å²) in [4.78, 5) is 167. The predicted octanol–water partition coefficient (Wildman–Crippen LogP) is 17.7. The van der Waals surface area contributed by atoms with Gasteiger partial charge in [0, 0.05) is 155 Å². The Bertz CT molecular complexity index is 4050. The zero-order chi connectivity index (χ0) is 107. The largest absolute Gasteiger partial charge is 0.497 e. The molecule has 828 valence electrons. The van der Waals surface area contributed by atoms with Crippen molar-refractivity contribution in [3.63, 3.8) is 0 Å². The molecule has 0 spiro atoms. The maximum atomic E-state index is 14.4. The van der Waals surface area contributed by atoms with Crippen LogP contribution in [-0.2, 0) is 134 Å². The number of esters is 4. The standard InChI is InChI=1S/C114H177N3O30/c1-79-82(4)102(73-140-88(10)118)145-110(85(79)7)137-65-35-31-45-94(121)40-24-20-26-42-97(124)60-68-134-76-113(77-135-69-61-98(125)43-27-21-25-41-95(122)46-32-36-66-138-111-86(8)80(2)83(5)103(146-111)74-141-89(11)119,78-136-70-63-106(127)115-64-34-30-44-96(123)47-33-37-67-139-112-87(9)81(3)84(6)104(147-112)75-142-90(12)120)117-107(128)49-29-18-16-15-17-28-48-105(126)116-72-101(144-109(131)59-58-108(129)130)62-71-143-114(91-38-22-19-23-39-91,92-50-54-99(132-13)55-51-92)93-52-56-100(133-14)57-53-93/h19,22-23,38-39,50-57,79-87,101-104,110-112H,15-18,20-21,24-37,40-49,58-78H2,1-14H3,(H,115,127)(H,116,126)(H,117,128)(H,129,130)/t79-,80-,81-,82+,83+,84+,85?,86?,87?,101?,102?,103?,104?,110+,111+,112+,113?/m0/s1. The van der Waals surface area contributed by atoms with Crippen LogP contribution in [0.2, 0.25) is 0 Å². The lowest BCUT2D eigenvalue weighted by molar-refractivity contribution is -0.255. The summed E-state index contributed by atoms with van der Waals surface area (Å²) in [7, 11) is 3.17. The molecule has 0 radical (unpaired) electrons. The molecule has 3 heterocycles. The van der Waals surface area contributed by atoms with Crippen LogP contribution in [0.4, 0.5) is 0 Å². The minimum absolute atomic E-state index is 0.00768. The Hall–Kier alpha value is -9.03. The van der Waals surface area contributed by atoms with E-state index >= 15 is 0 Å². The van der Waals surface area contributed by atoms with E-state index in [9.17, 15) is 67.4 Å². The molecule has 0 saturated carbocycles. The lowest BCUT2D eigenvalue weighted by atomic mass is 9.79. The van der Waals surface area contributed by atoms with Crippen molar-refractivity contribution in [2.24, 2.45) is 53.3 Å². The molecule has 3 fully saturated rings. The van der Waals surface area contributed by atoms with Crippen molar-refractivity contribution in [2.45, 2.75) is 369 Å².